The Kier molecular flexibility index (Phi) is 5.38. The van der Waals surface area contributed by atoms with Crippen LogP contribution >= 0.6 is 11.3 Å². The van der Waals surface area contributed by atoms with Crippen LogP contribution in [0.1, 0.15) is 30.9 Å². The Morgan fingerprint density at radius 3 is 2.31 bits per heavy atom. The van der Waals surface area contributed by atoms with Gasteiger partial charge in [0.1, 0.15) is 5.75 Å². The number of nitrogens with zero attached hydrogens (tertiary/aromatic N) is 1. The predicted molar refractivity (Wildman–Crippen MR) is 106 cm³/mol. The number of aromatic nitrogens is 1. The number of anilines is 1. The van der Waals surface area contributed by atoms with Crippen LogP contribution in [-0.4, -0.2) is 18.0 Å². The van der Waals surface area contributed by atoms with Gasteiger partial charge in [-0.05, 0) is 23.3 Å². The largest absolute Gasteiger partial charge is 0.497 e. The Hall–Kier alpha value is -2.66. The lowest BCUT2D eigenvalue weighted by Gasteiger charge is -2.33. The van der Waals surface area contributed by atoms with E-state index in [0.29, 0.717) is 5.13 Å². The number of hydrogen-bond donors (Lipinski definition) is 1. The summed E-state index contributed by atoms with van der Waals surface area (Å²) in [7, 11) is 1.65. The van der Waals surface area contributed by atoms with Gasteiger partial charge in [0.15, 0.2) is 5.13 Å². The van der Waals surface area contributed by atoms with Gasteiger partial charge in [-0.1, -0.05) is 56.3 Å². The molecule has 0 aliphatic carbocycles. The molecule has 4 nitrogen and oxygen atoms in total. The maximum absolute atomic E-state index is 13.1. The van der Waals surface area contributed by atoms with Gasteiger partial charge in [0.05, 0.1) is 12.5 Å². The fraction of sp³-hybridized carbons (Fsp3) is 0.238. The number of hydrogen-bond acceptors (Lipinski definition) is 4. The lowest BCUT2D eigenvalue weighted by molar-refractivity contribution is -0.124. The normalized spacial score (nSPS) is 12.4. The Labute approximate surface area is 157 Å². The maximum atomic E-state index is 13.1. The summed E-state index contributed by atoms with van der Waals surface area (Å²) in [5.74, 6) is 0.636. The van der Waals surface area contributed by atoms with Crippen LogP contribution in [-0.2, 0) is 4.79 Å². The second-order valence-electron chi connectivity index (χ2n) is 6.63. The van der Waals surface area contributed by atoms with Gasteiger partial charge in [-0.15, -0.1) is 11.3 Å². The van der Waals surface area contributed by atoms with Crippen LogP contribution in [0.15, 0.2) is 66.2 Å². The fourth-order valence-corrected chi connectivity index (χ4v) is 3.67. The molecule has 0 spiro atoms. The Morgan fingerprint density at radius 2 is 1.73 bits per heavy atom. The van der Waals surface area contributed by atoms with Crippen molar-refractivity contribution < 1.29 is 9.53 Å². The van der Waals surface area contributed by atoms with Crippen LogP contribution in [0.2, 0.25) is 0 Å². The van der Waals surface area contributed by atoms with E-state index < -0.39 is 5.41 Å². The van der Waals surface area contributed by atoms with Gasteiger partial charge in [-0.2, -0.15) is 0 Å². The quantitative estimate of drug-likeness (QED) is 0.672. The summed E-state index contributed by atoms with van der Waals surface area (Å²) in [6.45, 7) is 3.94. The number of ether oxygens (including phenoxy) is 1. The van der Waals surface area contributed by atoms with Crippen LogP contribution in [0.5, 0.6) is 5.75 Å². The van der Waals surface area contributed by atoms with E-state index in [1.807, 2.05) is 61.7 Å². The molecule has 0 saturated carbocycles. The number of rotatable bonds is 6. The first-order valence-electron chi connectivity index (χ1n) is 8.42. The summed E-state index contributed by atoms with van der Waals surface area (Å²) in [5, 5.41) is 5.41. The van der Waals surface area contributed by atoms with Crippen molar-refractivity contribution in [2.75, 3.05) is 12.4 Å². The number of nitrogens with one attached hydrogen (secondary N) is 1. The molecule has 1 heterocycles. The van der Waals surface area contributed by atoms with Gasteiger partial charge >= 0.3 is 0 Å². The highest BCUT2D eigenvalue weighted by Gasteiger charge is 2.39. The summed E-state index contributed by atoms with van der Waals surface area (Å²) < 4.78 is 5.27. The van der Waals surface area contributed by atoms with Crippen LogP contribution < -0.4 is 10.1 Å². The van der Waals surface area contributed by atoms with E-state index in [1.165, 1.54) is 11.3 Å². The molecule has 1 atom stereocenters. The van der Waals surface area contributed by atoms with Gasteiger partial charge in [0, 0.05) is 17.5 Å². The minimum Gasteiger partial charge on any atom is -0.497 e. The number of benzene rings is 2. The Morgan fingerprint density at radius 1 is 1.08 bits per heavy atom. The molecule has 5 heteroatoms. The molecule has 0 radical (unpaired) electrons. The molecule has 0 aliphatic heterocycles. The standard InChI is InChI=1S/C21H22N2O2S/c1-21(2,19(24)23-20-22-13-14-26-20)18(15-7-5-4-6-8-15)16-9-11-17(25-3)12-10-16/h4-14,18H,1-3H3,(H,22,23,24)/t18-/m0/s1. The number of amides is 1. The van der Waals surface area contributed by atoms with Gasteiger partial charge in [-0.25, -0.2) is 4.98 Å². The lowest BCUT2D eigenvalue weighted by atomic mass is 9.70. The smallest absolute Gasteiger partial charge is 0.232 e. The van der Waals surface area contributed by atoms with Crippen molar-refractivity contribution in [1.82, 2.24) is 4.98 Å². The van der Waals surface area contributed by atoms with Crippen LogP contribution in [0.3, 0.4) is 0 Å². The number of carbonyl (C=O) groups is 1. The van der Waals surface area contributed by atoms with E-state index in [-0.39, 0.29) is 11.8 Å². The van der Waals surface area contributed by atoms with E-state index in [9.17, 15) is 4.79 Å². The summed E-state index contributed by atoms with van der Waals surface area (Å²) in [4.78, 5) is 17.2. The molecule has 0 saturated heterocycles. The van der Waals surface area contributed by atoms with Gasteiger partial charge in [-0.3, -0.25) is 4.79 Å². The molecule has 26 heavy (non-hydrogen) atoms. The molecule has 3 rings (SSSR count). The van der Waals surface area contributed by atoms with Gasteiger partial charge in [0.25, 0.3) is 0 Å². The zero-order valence-electron chi connectivity index (χ0n) is 15.1. The van der Waals surface area contributed by atoms with Crippen molar-refractivity contribution in [3.63, 3.8) is 0 Å². The van der Waals surface area contributed by atoms with Crippen molar-refractivity contribution in [1.29, 1.82) is 0 Å². The minimum absolute atomic E-state index is 0.0582. The van der Waals surface area contributed by atoms with Gasteiger partial charge in [0.2, 0.25) is 5.91 Å². The third kappa shape index (κ3) is 3.78. The molecular formula is C21H22N2O2S. The minimum atomic E-state index is -0.679. The summed E-state index contributed by atoms with van der Waals surface area (Å²) in [6, 6.07) is 18.0. The molecule has 1 amide bonds. The maximum Gasteiger partial charge on any atom is 0.232 e. The highest BCUT2D eigenvalue weighted by molar-refractivity contribution is 7.13. The molecule has 0 unspecified atom stereocenters. The summed E-state index contributed by atoms with van der Waals surface area (Å²) >= 11 is 1.42. The van der Waals surface area contributed by atoms with E-state index >= 15 is 0 Å². The Bertz CT molecular complexity index is 843. The number of methoxy groups -OCH3 is 1. The van der Waals surface area contributed by atoms with Crippen molar-refractivity contribution >= 4 is 22.4 Å². The summed E-state index contributed by atoms with van der Waals surface area (Å²) in [5.41, 5.74) is 1.48. The molecule has 0 fully saturated rings. The van der Waals surface area contributed by atoms with E-state index in [4.69, 9.17) is 4.74 Å². The SMILES string of the molecule is COc1ccc([C@H](c2ccccc2)C(C)(C)C(=O)Nc2nccs2)cc1. The fourth-order valence-electron chi connectivity index (χ4n) is 3.14. The number of carbonyl (C=O) groups excluding carboxylic acids is 1. The highest BCUT2D eigenvalue weighted by Crippen LogP contribution is 2.42. The van der Waals surface area contributed by atoms with E-state index in [1.54, 1.807) is 13.3 Å². The first-order valence-corrected chi connectivity index (χ1v) is 9.30. The second-order valence-corrected chi connectivity index (χ2v) is 7.52. The van der Waals surface area contributed by atoms with Crippen molar-refractivity contribution in [3.05, 3.63) is 77.3 Å². The van der Waals surface area contributed by atoms with E-state index in [0.717, 1.165) is 16.9 Å². The second kappa shape index (κ2) is 7.70. The molecule has 0 aliphatic rings. The molecule has 0 bridgehead atoms. The highest BCUT2D eigenvalue weighted by atomic mass is 32.1. The van der Waals surface area contributed by atoms with Crippen molar-refractivity contribution in [3.8, 4) is 5.75 Å². The Balaban J connectivity index is 1.99. The third-order valence-electron chi connectivity index (χ3n) is 4.54. The first-order chi connectivity index (χ1) is 12.5. The molecule has 2 aromatic carbocycles. The molecule has 134 valence electrons. The van der Waals surface area contributed by atoms with E-state index in [2.05, 4.69) is 22.4 Å². The average molecular weight is 366 g/mol. The molecule has 1 N–H and O–H groups in total. The molecular weight excluding hydrogens is 344 g/mol. The molecule has 1 aromatic heterocycles. The summed E-state index contributed by atoms with van der Waals surface area (Å²) in [6.07, 6.45) is 1.69. The number of thiazole rings is 1. The third-order valence-corrected chi connectivity index (χ3v) is 5.23. The van der Waals surface area contributed by atoms with Crippen LogP contribution in [0.4, 0.5) is 5.13 Å². The first kappa shape index (κ1) is 18.1. The lowest BCUT2D eigenvalue weighted by Crippen LogP contribution is -2.37. The van der Waals surface area contributed by atoms with Crippen molar-refractivity contribution in [2.24, 2.45) is 5.41 Å². The van der Waals surface area contributed by atoms with Crippen LogP contribution in [0, 0.1) is 5.41 Å². The van der Waals surface area contributed by atoms with Crippen molar-refractivity contribution in [2.45, 2.75) is 19.8 Å². The zero-order valence-corrected chi connectivity index (χ0v) is 15.9. The average Bonchev–Trinajstić information content (AvgIpc) is 3.16. The van der Waals surface area contributed by atoms with Crippen LogP contribution in [0.25, 0.3) is 0 Å². The predicted octanol–water partition coefficient (Wildman–Crippen LogP) is 4.95. The van der Waals surface area contributed by atoms with Gasteiger partial charge < -0.3 is 10.1 Å². The monoisotopic (exact) mass is 366 g/mol. The molecule has 3 aromatic rings. The topological polar surface area (TPSA) is 51.2 Å². The zero-order chi connectivity index (χ0) is 18.6.